The zero-order chi connectivity index (χ0) is 25.6. The lowest BCUT2D eigenvalue weighted by Gasteiger charge is -2.36. The third-order valence-corrected chi connectivity index (χ3v) is 7.69. The monoisotopic (exact) mass is 481 g/mol. The fourth-order valence-corrected chi connectivity index (χ4v) is 6.00. The number of fused-ring (bicyclic) bond motifs is 5. The van der Waals surface area contributed by atoms with Crippen molar-refractivity contribution >= 4 is 28.3 Å². The number of rotatable bonds is 4. The first-order chi connectivity index (χ1) is 18.1. The fraction of sp³-hybridized carbons (Fsp3) is 0.156. The van der Waals surface area contributed by atoms with Crippen molar-refractivity contribution in [1.29, 1.82) is 10.5 Å². The van der Waals surface area contributed by atoms with Gasteiger partial charge in [0.1, 0.15) is 11.8 Å². The first kappa shape index (κ1) is 22.6. The highest BCUT2D eigenvalue weighted by Gasteiger charge is 2.63. The zero-order valence-electron chi connectivity index (χ0n) is 20.2. The van der Waals surface area contributed by atoms with Crippen LogP contribution in [0.4, 0.5) is 5.69 Å². The standard InChI is InChI=1S/C32H23N3O2/c1-37-25-16-13-22(14-17-25)28-30(31(36)24-8-3-2-4-9-24)35-27(32(28,19-33)20-34)18-15-23-12-11-21-7-5-6-10-26(21)29(23)35/h2-18,27-28,30H,1H3. The minimum absolute atomic E-state index is 0.118. The van der Waals surface area contributed by atoms with Crippen LogP contribution in [0, 0.1) is 28.1 Å². The van der Waals surface area contributed by atoms with Crippen LogP contribution >= 0.6 is 0 Å². The van der Waals surface area contributed by atoms with Crippen molar-refractivity contribution in [2.24, 2.45) is 5.41 Å². The van der Waals surface area contributed by atoms with Crippen LogP contribution in [0.15, 0.2) is 97.1 Å². The molecule has 3 unspecified atom stereocenters. The van der Waals surface area contributed by atoms with Gasteiger partial charge in [0, 0.05) is 16.9 Å². The number of nitrogens with zero attached hydrogens (tertiary/aromatic N) is 3. The number of hydrogen-bond acceptors (Lipinski definition) is 5. The number of carbonyl (C=O) groups is 1. The first-order valence-corrected chi connectivity index (χ1v) is 12.2. The van der Waals surface area contributed by atoms with E-state index in [0.29, 0.717) is 11.3 Å². The second kappa shape index (κ2) is 8.66. The van der Waals surface area contributed by atoms with Crippen LogP contribution in [0.3, 0.4) is 0 Å². The lowest BCUT2D eigenvalue weighted by Crippen LogP contribution is -2.44. The van der Waals surface area contributed by atoms with Crippen LogP contribution in [0.1, 0.15) is 27.4 Å². The van der Waals surface area contributed by atoms with Gasteiger partial charge in [0.2, 0.25) is 0 Å². The number of nitriles is 2. The van der Waals surface area contributed by atoms with Gasteiger partial charge >= 0.3 is 0 Å². The topological polar surface area (TPSA) is 77.1 Å². The van der Waals surface area contributed by atoms with Crippen LogP contribution < -0.4 is 9.64 Å². The predicted molar refractivity (Wildman–Crippen MR) is 143 cm³/mol. The van der Waals surface area contributed by atoms with Crippen molar-refractivity contribution in [3.8, 4) is 17.9 Å². The van der Waals surface area contributed by atoms with Crippen LogP contribution in [0.2, 0.25) is 0 Å². The molecule has 2 aliphatic rings. The number of ether oxygens (including phenoxy) is 1. The number of ketones is 1. The quantitative estimate of drug-likeness (QED) is 0.328. The van der Waals surface area contributed by atoms with E-state index in [9.17, 15) is 15.3 Å². The Kier molecular flexibility index (Phi) is 5.29. The van der Waals surface area contributed by atoms with E-state index in [4.69, 9.17) is 4.74 Å². The van der Waals surface area contributed by atoms with Gasteiger partial charge in [-0.1, -0.05) is 91.0 Å². The highest BCUT2D eigenvalue weighted by atomic mass is 16.5. The third-order valence-electron chi connectivity index (χ3n) is 7.69. The van der Waals surface area contributed by atoms with Crippen molar-refractivity contribution in [2.45, 2.75) is 18.0 Å². The van der Waals surface area contributed by atoms with Crippen molar-refractivity contribution < 1.29 is 9.53 Å². The summed E-state index contributed by atoms with van der Waals surface area (Å²) in [5.74, 6) is -0.144. The molecule has 0 saturated carbocycles. The van der Waals surface area contributed by atoms with Crippen molar-refractivity contribution in [1.82, 2.24) is 0 Å². The minimum Gasteiger partial charge on any atom is -0.497 e. The molecule has 5 nitrogen and oxygen atoms in total. The number of carbonyl (C=O) groups excluding carboxylic acids is 1. The van der Waals surface area contributed by atoms with Gasteiger partial charge in [-0.25, -0.2) is 0 Å². The number of Topliss-reactive ketones (excluding diaryl/α,β-unsaturated/α-hetero) is 1. The van der Waals surface area contributed by atoms with Gasteiger partial charge in [-0.05, 0) is 28.6 Å². The SMILES string of the molecule is COc1ccc(C2C(C(=O)c3ccccc3)N3c4c(ccc5ccccc45)C=CC3C2(C#N)C#N)cc1. The summed E-state index contributed by atoms with van der Waals surface area (Å²) in [6.07, 6.45) is 3.89. The summed E-state index contributed by atoms with van der Waals surface area (Å²) < 4.78 is 5.35. The molecule has 0 aromatic heterocycles. The van der Waals surface area contributed by atoms with Gasteiger partial charge in [0.05, 0.1) is 31.0 Å². The van der Waals surface area contributed by atoms with Crippen LogP contribution in [0.5, 0.6) is 5.75 Å². The maximum atomic E-state index is 14.4. The summed E-state index contributed by atoms with van der Waals surface area (Å²) in [5.41, 5.74) is 1.65. The Bertz CT molecular complexity index is 1610. The third kappa shape index (κ3) is 3.25. The Morgan fingerprint density at radius 1 is 0.892 bits per heavy atom. The van der Waals surface area contributed by atoms with E-state index >= 15 is 0 Å². The van der Waals surface area contributed by atoms with E-state index in [0.717, 1.165) is 27.6 Å². The second-order valence-electron chi connectivity index (χ2n) is 9.45. The highest BCUT2D eigenvalue weighted by molar-refractivity contribution is 6.08. The number of anilines is 1. The molecular weight excluding hydrogens is 458 g/mol. The molecular formula is C32H23N3O2. The van der Waals surface area contributed by atoms with Crippen LogP contribution in [0.25, 0.3) is 16.8 Å². The molecule has 0 N–H and O–H groups in total. The van der Waals surface area contributed by atoms with Gasteiger partial charge in [-0.2, -0.15) is 10.5 Å². The summed E-state index contributed by atoms with van der Waals surface area (Å²) in [4.78, 5) is 16.4. The molecule has 6 rings (SSSR count). The summed E-state index contributed by atoms with van der Waals surface area (Å²) in [6, 6.07) is 32.0. The minimum atomic E-state index is -1.49. The molecule has 4 aromatic rings. The van der Waals surface area contributed by atoms with E-state index in [1.165, 1.54) is 0 Å². The van der Waals surface area contributed by atoms with Crippen LogP contribution in [-0.2, 0) is 0 Å². The molecule has 178 valence electrons. The van der Waals surface area contributed by atoms with Crippen molar-refractivity contribution in [3.05, 3.63) is 114 Å². The molecule has 0 spiro atoms. The van der Waals surface area contributed by atoms with Crippen molar-refractivity contribution in [3.63, 3.8) is 0 Å². The molecule has 5 heteroatoms. The lowest BCUT2D eigenvalue weighted by atomic mass is 9.69. The van der Waals surface area contributed by atoms with E-state index in [1.54, 1.807) is 19.2 Å². The van der Waals surface area contributed by atoms with Gasteiger partial charge in [0.25, 0.3) is 0 Å². The molecule has 4 aromatic carbocycles. The largest absolute Gasteiger partial charge is 0.497 e. The van der Waals surface area contributed by atoms with Crippen LogP contribution in [-0.4, -0.2) is 25.0 Å². The molecule has 0 bridgehead atoms. The average Bonchev–Trinajstić information content (AvgIpc) is 3.27. The highest BCUT2D eigenvalue weighted by Crippen LogP contribution is 2.56. The first-order valence-electron chi connectivity index (χ1n) is 12.2. The van der Waals surface area contributed by atoms with Gasteiger partial charge in [0.15, 0.2) is 11.2 Å². The molecule has 0 aliphatic carbocycles. The average molecular weight is 482 g/mol. The summed E-state index contributed by atoms with van der Waals surface area (Å²) in [7, 11) is 1.59. The number of methoxy groups -OCH3 is 1. The lowest BCUT2D eigenvalue weighted by molar-refractivity contribution is 0.0951. The smallest absolute Gasteiger partial charge is 0.185 e. The molecule has 0 radical (unpaired) electrons. The number of benzene rings is 4. The molecule has 1 saturated heterocycles. The van der Waals surface area contributed by atoms with E-state index in [-0.39, 0.29) is 5.78 Å². The second-order valence-corrected chi connectivity index (χ2v) is 9.45. The molecule has 0 amide bonds. The summed E-state index contributed by atoms with van der Waals surface area (Å²) >= 11 is 0. The van der Waals surface area contributed by atoms with Crippen molar-refractivity contribution in [2.75, 3.05) is 12.0 Å². The number of hydrogen-bond donors (Lipinski definition) is 0. The predicted octanol–water partition coefficient (Wildman–Crippen LogP) is 6.13. The molecule has 3 atom stereocenters. The summed E-state index contributed by atoms with van der Waals surface area (Å²) in [5, 5.41) is 23.3. The zero-order valence-corrected chi connectivity index (χ0v) is 20.2. The Hall–Kier alpha value is -4.87. The van der Waals surface area contributed by atoms with E-state index in [2.05, 4.69) is 18.2 Å². The maximum Gasteiger partial charge on any atom is 0.185 e. The Balaban J connectivity index is 1.66. The summed E-state index contributed by atoms with van der Waals surface area (Å²) in [6.45, 7) is 0. The Labute approximate surface area is 215 Å². The van der Waals surface area contributed by atoms with E-state index in [1.807, 2.05) is 89.8 Å². The molecule has 2 aliphatic heterocycles. The van der Waals surface area contributed by atoms with Gasteiger partial charge in [-0.3, -0.25) is 4.79 Å². The van der Waals surface area contributed by atoms with Gasteiger partial charge in [-0.15, -0.1) is 0 Å². The van der Waals surface area contributed by atoms with Gasteiger partial charge < -0.3 is 9.64 Å². The maximum absolute atomic E-state index is 14.4. The molecule has 2 heterocycles. The molecule has 37 heavy (non-hydrogen) atoms. The Morgan fingerprint density at radius 3 is 2.30 bits per heavy atom. The van der Waals surface area contributed by atoms with E-state index < -0.39 is 23.4 Å². The normalized spacial score (nSPS) is 20.9. The Morgan fingerprint density at radius 2 is 1.59 bits per heavy atom. The fourth-order valence-electron chi connectivity index (χ4n) is 6.00. The molecule has 1 fully saturated rings.